The molecule has 78 valence electrons. The molecule has 0 atom stereocenters. The maximum absolute atomic E-state index is 3.45. The predicted octanol–water partition coefficient (Wildman–Crippen LogP) is 3.41. The molecule has 3 heteroatoms. The minimum absolute atomic E-state index is 1.22. The van der Waals surface area contributed by atoms with Gasteiger partial charge in [0.25, 0.3) is 0 Å². The first kappa shape index (κ1) is 10.8. The molecule has 0 aliphatic rings. The first-order valence-electron chi connectivity index (χ1n) is 4.80. The van der Waals surface area contributed by atoms with Crippen LogP contribution >= 0.6 is 23.5 Å². The van der Waals surface area contributed by atoms with E-state index in [0.29, 0.717) is 0 Å². The molecule has 0 radical (unpaired) electrons. The molecular weight excluding hydrogens is 222 g/mol. The number of H-pyrrole nitrogens is 1. The van der Waals surface area contributed by atoms with Crippen LogP contribution in [0.3, 0.4) is 0 Å². The SMILES string of the molecule is CSc1c(C)[nH+]c2ccccc2c1SC. The zero-order chi connectivity index (χ0) is 10.8. The summed E-state index contributed by atoms with van der Waals surface area (Å²) in [5, 5.41) is 1.32. The van der Waals surface area contributed by atoms with Crippen LogP contribution in [0.1, 0.15) is 5.69 Å². The van der Waals surface area contributed by atoms with Crippen molar-refractivity contribution in [1.29, 1.82) is 0 Å². The zero-order valence-corrected chi connectivity index (χ0v) is 10.8. The third kappa shape index (κ3) is 1.86. The van der Waals surface area contributed by atoms with Gasteiger partial charge in [-0.2, -0.15) is 0 Å². The second kappa shape index (κ2) is 4.45. The lowest BCUT2D eigenvalue weighted by atomic mass is 10.2. The molecule has 0 aliphatic heterocycles. The van der Waals surface area contributed by atoms with E-state index in [-0.39, 0.29) is 0 Å². The van der Waals surface area contributed by atoms with Crippen molar-refractivity contribution in [1.82, 2.24) is 0 Å². The highest BCUT2D eigenvalue weighted by molar-refractivity contribution is 8.01. The number of thioether (sulfide) groups is 2. The second-order valence-electron chi connectivity index (χ2n) is 3.36. The Kier molecular flexibility index (Phi) is 3.22. The quantitative estimate of drug-likeness (QED) is 0.742. The molecule has 0 fully saturated rings. The molecule has 0 unspecified atom stereocenters. The number of hydrogen-bond acceptors (Lipinski definition) is 2. The molecule has 0 bridgehead atoms. The fraction of sp³-hybridized carbons (Fsp3) is 0.250. The van der Waals surface area contributed by atoms with Gasteiger partial charge in [0.2, 0.25) is 5.52 Å². The Balaban J connectivity index is 2.84. The summed E-state index contributed by atoms with van der Waals surface area (Å²) in [6.07, 6.45) is 4.27. The van der Waals surface area contributed by atoms with Crippen LogP contribution in [0.2, 0.25) is 0 Å². The van der Waals surface area contributed by atoms with Gasteiger partial charge in [-0.3, -0.25) is 0 Å². The molecule has 1 nitrogen and oxygen atoms in total. The van der Waals surface area contributed by atoms with E-state index < -0.39 is 0 Å². The van der Waals surface area contributed by atoms with Crippen LogP contribution < -0.4 is 4.98 Å². The Morgan fingerprint density at radius 1 is 1.00 bits per heavy atom. The average molecular weight is 236 g/mol. The zero-order valence-electron chi connectivity index (χ0n) is 9.13. The van der Waals surface area contributed by atoms with Gasteiger partial charge in [0.05, 0.1) is 10.3 Å². The number of fused-ring (bicyclic) bond motifs is 1. The van der Waals surface area contributed by atoms with E-state index in [4.69, 9.17) is 0 Å². The molecule has 1 aromatic carbocycles. The lowest BCUT2D eigenvalue weighted by Gasteiger charge is -2.06. The standard InChI is InChI=1S/C12H13NS2/c1-8-11(14-2)12(15-3)9-6-4-5-7-10(9)13-8/h4-7H,1-3H3/p+1. The minimum Gasteiger partial charge on any atom is -0.208 e. The fourth-order valence-electron chi connectivity index (χ4n) is 1.79. The third-order valence-electron chi connectivity index (χ3n) is 2.45. The van der Waals surface area contributed by atoms with E-state index in [1.165, 1.54) is 26.4 Å². The molecule has 1 heterocycles. The van der Waals surface area contributed by atoms with Gasteiger partial charge in [-0.1, -0.05) is 12.1 Å². The van der Waals surface area contributed by atoms with Crippen molar-refractivity contribution >= 4 is 34.4 Å². The Bertz CT molecular complexity index is 494. The van der Waals surface area contributed by atoms with Crippen LogP contribution in [0.5, 0.6) is 0 Å². The van der Waals surface area contributed by atoms with Gasteiger partial charge in [-0.25, -0.2) is 4.98 Å². The number of benzene rings is 1. The summed E-state index contributed by atoms with van der Waals surface area (Å²) in [6, 6.07) is 8.47. The summed E-state index contributed by atoms with van der Waals surface area (Å²) < 4.78 is 0. The largest absolute Gasteiger partial charge is 0.212 e. The van der Waals surface area contributed by atoms with Crippen molar-refractivity contribution in [2.75, 3.05) is 12.5 Å². The molecule has 1 aromatic heterocycles. The van der Waals surface area contributed by atoms with Gasteiger partial charge in [-0.05, 0) is 18.6 Å². The van der Waals surface area contributed by atoms with Gasteiger partial charge >= 0.3 is 0 Å². The molecule has 0 aliphatic carbocycles. The Morgan fingerprint density at radius 3 is 2.33 bits per heavy atom. The van der Waals surface area contributed by atoms with Crippen LogP contribution in [0.15, 0.2) is 34.1 Å². The van der Waals surface area contributed by atoms with Crippen LogP contribution in [0.4, 0.5) is 0 Å². The highest BCUT2D eigenvalue weighted by atomic mass is 32.2. The smallest absolute Gasteiger partial charge is 0.208 e. The predicted molar refractivity (Wildman–Crippen MR) is 68.8 cm³/mol. The second-order valence-corrected chi connectivity index (χ2v) is 5.00. The first-order chi connectivity index (χ1) is 7.27. The van der Waals surface area contributed by atoms with E-state index in [1.807, 2.05) is 23.5 Å². The summed E-state index contributed by atoms with van der Waals surface area (Å²) in [7, 11) is 0. The molecule has 15 heavy (non-hydrogen) atoms. The van der Waals surface area contributed by atoms with Crippen molar-refractivity contribution in [2.24, 2.45) is 0 Å². The van der Waals surface area contributed by atoms with Crippen molar-refractivity contribution in [2.45, 2.75) is 16.7 Å². The summed E-state index contributed by atoms with van der Waals surface area (Å²) >= 11 is 3.63. The van der Waals surface area contributed by atoms with Crippen LogP contribution in [-0.4, -0.2) is 12.5 Å². The van der Waals surface area contributed by atoms with Crippen molar-refractivity contribution < 1.29 is 4.98 Å². The normalized spacial score (nSPS) is 10.9. The summed E-state index contributed by atoms with van der Waals surface area (Å²) in [6.45, 7) is 2.14. The molecule has 0 amide bonds. The molecule has 0 spiro atoms. The van der Waals surface area contributed by atoms with E-state index >= 15 is 0 Å². The van der Waals surface area contributed by atoms with Gasteiger partial charge in [0.15, 0.2) is 5.69 Å². The van der Waals surface area contributed by atoms with Gasteiger partial charge in [-0.15, -0.1) is 23.5 Å². The first-order valence-corrected chi connectivity index (χ1v) is 7.25. The van der Waals surface area contributed by atoms with Crippen molar-refractivity contribution in [3.63, 3.8) is 0 Å². The number of rotatable bonds is 2. The van der Waals surface area contributed by atoms with E-state index in [2.05, 4.69) is 48.7 Å². The van der Waals surface area contributed by atoms with Crippen LogP contribution in [-0.2, 0) is 0 Å². The lowest BCUT2D eigenvalue weighted by Crippen LogP contribution is -2.11. The number of nitrogens with one attached hydrogen (secondary N) is 1. The maximum atomic E-state index is 3.45. The summed E-state index contributed by atoms with van der Waals surface area (Å²) in [5.74, 6) is 0. The monoisotopic (exact) mass is 236 g/mol. The fourth-order valence-corrected chi connectivity index (χ4v) is 3.68. The highest BCUT2D eigenvalue weighted by Crippen LogP contribution is 2.34. The van der Waals surface area contributed by atoms with E-state index in [9.17, 15) is 0 Å². The third-order valence-corrected chi connectivity index (χ3v) is 4.33. The molecule has 1 N–H and O–H groups in total. The topological polar surface area (TPSA) is 14.1 Å². The van der Waals surface area contributed by atoms with Gasteiger partial charge < -0.3 is 0 Å². The van der Waals surface area contributed by atoms with E-state index in [0.717, 1.165) is 0 Å². The lowest BCUT2D eigenvalue weighted by molar-refractivity contribution is -0.358. The summed E-state index contributed by atoms with van der Waals surface area (Å²) in [4.78, 5) is 6.20. The van der Waals surface area contributed by atoms with Crippen LogP contribution in [0.25, 0.3) is 10.9 Å². The molecule has 2 aromatic rings. The molecule has 2 rings (SSSR count). The van der Waals surface area contributed by atoms with Crippen LogP contribution in [0, 0.1) is 6.92 Å². The maximum Gasteiger partial charge on any atom is 0.212 e. The number of hydrogen-bond donors (Lipinski definition) is 0. The number of aromatic amines is 1. The number of aromatic nitrogens is 1. The summed E-state index contributed by atoms with van der Waals surface area (Å²) in [5.41, 5.74) is 2.47. The highest BCUT2D eigenvalue weighted by Gasteiger charge is 2.15. The number of para-hydroxylation sites is 1. The number of pyridine rings is 1. The number of aryl methyl sites for hydroxylation is 1. The van der Waals surface area contributed by atoms with Gasteiger partial charge in [0, 0.05) is 17.9 Å². The Morgan fingerprint density at radius 2 is 1.67 bits per heavy atom. The Hall–Kier alpha value is -0.670. The van der Waals surface area contributed by atoms with Crippen molar-refractivity contribution in [3.05, 3.63) is 30.0 Å². The molecule has 0 saturated carbocycles. The van der Waals surface area contributed by atoms with E-state index in [1.54, 1.807) is 0 Å². The Labute approximate surface area is 98.7 Å². The minimum atomic E-state index is 1.22. The molecule has 0 saturated heterocycles. The van der Waals surface area contributed by atoms with Crippen molar-refractivity contribution in [3.8, 4) is 0 Å². The van der Waals surface area contributed by atoms with Gasteiger partial charge in [0.1, 0.15) is 0 Å². The average Bonchev–Trinajstić information content (AvgIpc) is 2.27. The molecular formula is C12H14NS2+.